The molecule has 1 atom stereocenters. The van der Waals surface area contributed by atoms with E-state index in [2.05, 4.69) is 13.5 Å². The molecule has 20 heavy (non-hydrogen) atoms. The van der Waals surface area contributed by atoms with Crippen LogP contribution < -0.4 is 4.72 Å². The minimum atomic E-state index is -3.95. The number of sulfonamides is 1. The molecule has 0 fully saturated rings. The van der Waals surface area contributed by atoms with Crippen molar-refractivity contribution in [3.05, 3.63) is 18.2 Å². The Kier molecular flexibility index (Phi) is 4.31. The number of benzene rings is 1. The lowest BCUT2D eigenvalue weighted by atomic mass is 10.2. The Hall–Kier alpha value is -1.58. The Labute approximate surface area is 120 Å². The van der Waals surface area contributed by atoms with Crippen LogP contribution in [0.4, 0.5) is 0 Å². The molecular formula is C11H13N3O4S2. The van der Waals surface area contributed by atoms with Gasteiger partial charge in [0.15, 0.2) is 0 Å². The molecule has 2 rings (SSSR count). The molecule has 0 aliphatic carbocycles. The molecule has 0 saturated heterocycles. The summed E-state index contributed by atoms with van der Waals surface area (Å²) >= 11 is 0.910. The molecule has 2 aromatic rings. The van der Waals surface area contributed by atoms with Gasteiger partial charge in [0.1, 0.15) is 22.0 Å². The molecule has 0 radical (unpaired) electrons. The third-order valence-corrected chi connectivity index (χ3v) is 4.76. The number of carbonyl (C=O) groups is 1. The molecule has 9 heteroatoms. The average Bonchev–Trinajstić information content (AvgIpc) is 2.85. The third-order valence-electron chi connectivity index (χ3n) is 2.71. The highest BCUT2D eigenvalue weighted by molar-refractivity contribution is 7.89. The van der Waals surface area contributed by atoms with Crippen LogP contribution in [0.3, 0.4) is 0 Å². The average molecular weight is 315 g/mol. The van der Waals surface area contributed by atoms with E-state index in [4.69, 9.17) is 5.11 Å². The van der Waals surface area contributed by atoms with Crippen LogP contribution in [0.25, 0.3) is 11.0 Å². The number of nitrogens with zero attached hydrogens (tertiary/aromatic N) is 2. The van der Waals surface area contributed by atoms with E-state index in [9.17, 15) is 13.2 Å². The summed E-state index contributed by atoms with van der Waals surface area (Å²) in [6.07, 6.45) is 0.780. The van der Waals surface area contributed by atoms with E-state index in [1.54, 1.807) is 19.1 Å². The maximum Gasteiger partial charge on any atom is 0.321 e. The van der Waals surface area contributed by atoms with Crippen LogP contribution >= 0.6 is 11.7 Å². The van der Waals surface area contributed by atoms with Gasteiger partial charge in [0.05, 0.1) is 11.7 Å². The van der Waals surface area contributed by atoms with Gasteiger partial charge in [-0.05, 0) is 18.6 Å². The first-order valence-corrected chi connectivity index (χ1v) is 8.13. The molecule has 1 heterocycles. The van der Waals surface area contributed by atoms with E-state index in [1.165, 1.54) is 6.07 Å². The summed E-state index contributed by atoms with van der Waals surface area (Å²) in [6.45, 7) is 1.79. The SMILES string of the molecule is CCCC(NS(=O)(=O)c1cccc2nsnc12)C(=O)O. The van der Waals surface area contributed by atoms with Crippen molar-refractivity contribution >= 4 is 38.8 Å². The zero-order valence-corrected chi connectivity index (χ0v) is 12.2. The molecule has 0 saturated carbocycles. The van der Waals surface area contributed by atoms with Gasteiger partial charge in [-0.2, -0.15) is 13.5 Å². The summed E-state index contributed by atoms with van der Waals surface area (Å²) in [4.78, 5) is 11.0. The second kappa shape index (κ2) is 5.81. The smallest absolute Gasteiger partial charge is 0.321 e. The summed E-state index contributed by atoms with van der Waals surface area (Å²) in [5.74, 6) is -1.20. The van der Waals surface area contributed by atoms with E-state index in [0.717, 1.165) is 11.7 Å². The number of rotatable bonds is 6. The maximum atomic E-state index is 12.3. The Morgan fingerprint density at radius 3 is 2.85 bits per heavy atom. The Bertz CT molecular complexity index is 726. The van der Waals surface area contributed by atoms with Crippen molar-refractivity contribution in [3.63, 3.8) is 0 Å². The first-order valence-electron chi connectivity index (χ1n) is 5.92. The summed E-state index contributed by atoms with van der Waals surface area (Å²) in [7, 11) is -3.95. The predicted octanol–water partition coefficient (Wildman–Crippen LogP) is 1.22. The predicted molar refractivity (Wildman–Crippen MR) is 74.1 cm³/mol. The zero-order valence-electron chi connectivity index (χ0n) is 10.6. The number of carboxylic acids is 1. The van der Waals surface area contributed by atoms with E-state index in [0.29, 0.717) is 11.9 Å². The highest BCUT2D eigenvalue weighted by Gasteiger charge is 2.26. The minimum Gasteiger partial charge on any atom is -0.480 e. The quantitative estimate of drug-likeness (QED) is 0.829. The highest BCUT2D eigenvalue weighted by Crippen LogP contribution is 2.21. The number of hydrogen-bond donors (Lipinski definition) is 2. The van der Waals surface area contributed by atoms with Crippen LogP contribution in [-0.2, 0) is 14.8 Å². The van der Waals surface area contributed by atoms with Crippen LogP contribution in [0.2, 0.25) is 0 Å². The number of hydrogen-bond acceptors (Lipinski definition) is 6. The topological polar surface area (TPSA) is 109 Å². The van der Waals surface area contributed by atoms with Crippen LogP contribution in [0.1, 0.15) is 19.8 Å². The summed E-state index contributed by atoms with van der Waals surface area (Å²) < 4.78 is 34.7. The zero-order chi connectivity index (χ0) is 14.8. The minimum absolute atomic E-state index is 0.0499. The molecular weight excluding hydrogens is 302 g/mol. The van der Waals surface area contributed by atoms with Crippen molar-refractivity contribution in [1.29, 1.82) is 0 Å². The van der Waals surface area contributed by atoms with Crippen molar-refractivity contribution < 1.29 is 18.3 Å². The van der Waals surface area contributed by atoms with Crippen molar-refractivity contribution in [1.82, 2.24) is 13.5 Å². The van der Waals surface area contributed by atoms with E-state index in [1.807, 2.05) is 0 Å². The molecule has 0 bridgehead atoms. The Morgan fingerprint density at radius 1 is 1.45 bits per heavy atom. The molecule has 1 unspecified atom stereocenters. The van der Waals surface area contributed by atoms with Crippen molar-refractivity contribution in [2.24, 2.45) is 0 Å². The van der Waals surface area contributed by atoms with Gasteiger partial charge in [0, 0.05) is 0 Å². The lowest BCUT2D eigenvalue weighted by molar-refractivity contribution is -0.139. The van der Waals surface area contributed by atoms with Gasteiger partial charge in [0.2, 0.25) is 10.0 Å². The fraction of sp³-hybridized carbons (Fsp3) is 0.364. The molecule has 0 aliphatic rings. The highest BCUT2D eigenvalue weighted by atomic mass is 32.2. The number of carboxylic acid groups (broad SMARTS) is 1. The largest absolute Gasteiger partial charge is 0.480 e. The number of nitrogens with one attached hydrogen (secondary N) is 1. The standard InChI is InChI=1S/C11H13N3O4S2/c1-2-4-8(11(15)16)14-20(17,18)9-6-3-5-7-10(9)13-19-12-7/h3,5-6,8,14H,2,4H2,1H3,(H,15,16). The van der Waals surface area contributed by atoms with Gasteiger partial charge in [-0.15, -0.1) is 0 Å². The van der Waals surface area contributed by atoms with E-state index >= 15 is 0 Å². The monoisotopic (exact) mass is 315 g/mol. The van der Waals surface area contributed by atoms with Gasteiger partial charge in [-0.3, -0.25) is 4.79 Å². The molecule has 1 aromatic heterocycles. The molecule has 0 aliphatic heterocycles. The maximum absolute atomic E-state index is 12.3. The van der Waals surface area contributed by atoms with Gasteiger partial charge in [-0.25, -0.2) is 8.42 Å². The lowest BCUT2D eigenvalue weighted by Gasteiger charge is -2.13. The van der Waals surface area contributed by atoms with Gasteiger partial charge in [0.25, 0.3) is 0 Å². The molecule has 108 valence electrons. The Balaban J connectivity index is 2.39. The number of aromatic nitrogens is 2. The fourth-order valence-corrected chi connectivity index (χ4v) is 3.76. The first kappa shape index (κ1) is 14.8. The molecule has 0 spiro atoms. The van der Waals surface area contributed by atoms with Crippen LogP contribution in [-0.4, -0.2) is 34.3 Å². The van der Waals surface area contributed by atoms with Crippen LogP contribution in [0.5, 0.6) is 0 Å². The van der Waals surface area contributed by atoms with Gasteiger partial charge in [-0.1, -0.05) is 19.4 Å². The number of fused-ring (bicyclic) bond motifs is 1. The summed E-state index contributed by atoms with van der Waals surface area (Å²) in [5, 5.41) is 9.04. The first-order chi connectivity index (χ1) is 9.45. The molecule has 0 amide bonds. The summed E-state index contributed by atoms with van der Waals surface area (Å²) in [6, 6.07) is 3.44. The van der Waals surface area contributed by atoms with Crippen LogP contribution in [0, 0.1) is 0 Å². The molecule has 2 N–H and O–H groups in total. The van der Waals surface area contributed by atoms with Crippen molar-refractivity contribution in [2.45, 2.75) is 30.7 Å². The van der Waals surface area contributed by atoms with Crippen molar-refractivity contribution in [3.8, 4) is 0 Å². The van der Waals surface area contributed by atoms with E-state index in [-0.39, 0.29) is 16.8 Å². The molecule has 1 aromatic carbocycles. The fourth-order valence-electron chi connectivity index (χ4n) is 1.77. The number of aliphatic carboxylic acids is 1. The van der Waals surface area contributed by atoms with Crippen LogP contribution in [0.15, 0.2) is 23.1 Å². The third kappa shape index (κ3) is 2.94. The second-order valence-corrected chi connectivity index (χ2v) is 6.40. The van der Waals surface area contributed by atoms with Gasteiger partial charge < -0.3 is 5.11 Å². The molecule has 7 nitrogen and oxygen atoms in total. The second-order valence-electron chi connectivity index (χ2n) is 4.19. The van der Waals surface area contributed by atoms with Crippen molar-refractivity contribution in [2.75, 3.05) is 0 Å². The van der Waals surface area contributed by atoms with E-state index < -0.39 is 22.0 Å². The summed E-state index contributed by atoms with van der Waals surface area (Å²) in [5.41, 5.74) is 0.728. The normalized spacial score (nSPS) is 13.4. The van der Waals surface area contributed by atoms with Gasteiger partial charge >= 0.3 is 5.97 Å². The Morgan fingerprint density at radius 2 is 2.20 bits per heavy atom. The lowest BCUT2D eigenvalue weighted by Crippen LogP contribution is -2.40.